The van der Waals surface area contributed by atoms with Crippen molar-refractivity contribution in [2.45, 2.75) is 26.6 Å². The number of pyridine rings is 1. The van der Waals surface area contributed by atoms with E-state index < -0.39 is 18.0 Å². The number of aliphatic hydroxyl groups excluding tert-OH is 1. The third kappa shape index (κ3) is 5.86. The standard InChI is InChI=1S/C27H24FN5O5S/c1-14-6-18(25-21(7-14)32-24(36-3)11-30-25)26-33-20-9-19(28)22(10-23(20)39-26)37-13-15(2)38-27(35)31-16-4-5-29-17(8-16)12-34/h4-11,15,34H,12-13H2,1-3H3,(H,29,31,35)/t15-/m1/s1. The number of carbonyl (C=O) groups excluding carboxylic acids is 1. The maximum absolute atomic E-state index is 14.9. The van der Waals surface area contributed by atoms with Crippen LogP contribution < -0.4 is 14.8 Å². The molecule has 12 heteroatoms. The summed E-state index contributed by atoms with van der Waals surface area (Å²) in [5.41, 5.74) is 4.43. The molecule has 0 fully saturated rings. The van der Waals surface area contributed by atoms with E-state index >= 15 is 0 Å². The smallest absolute Gasteiger partial charge is 0.412 e. The number of ether oxygens (including phenoxy) is 3. The minimum absolute atomic E-state index is 0.0221. The van der Waals surface area contributed by atoms with Gasteiger partial charge in [0.25, 0.3) is 0 Å². The van der Waals surface area contributed by atoms with Crippen molar-refractivity contribution in [2.75, 3.05) is 19.0 Å². The van der Waals surface area contributed by atoms with Gasteiger partial charge in [0.1, 0.15) is 17.7 Å². The number of aliphatic hydroxyl groups is 1. The number of nitrogens with zero attached hydrogens (tertiary/aromatic N) is 4. The maximum Gasteiger partial charge on any atom is 0.412 e. The van der Waals surface area contributed by atoms with Gasteiger partial charge in [0.15, 0.2) is 11.6 Å². The summed E-state index contributed by atoms with van der Waals surface area (Å²) in [7, 11) is 1.53. The van der Waals surface area contributed by atoms with E-state index in [-0.39, 0.29) is 19.0 Å². The van der Waals surface area contributed by atoms with E-state index in [1.165, 1.54) is 36.8 Å². The molecule has 3 heterocycles. The summed E-state index contributed by atoms with van der Waals surface area (Å²) in [5.74, 6) is -0.145. The molecule has 0 aliphatic rings. The van der Waals surface area contributed by atoms with Crippen LogP contribution in [-0.2, 0) is 11.3 Å². The summed E-state index contributed by atoms with van der Waals surface area (Å²) in [6.07, 6.45) is 1.62. The SMILES string of the molecule is COc1cnc2c(-c3nc4cc(F)c(OC[C@@H](C)OC(=O)Nc5ccnc(CO)c5)cc4s3)cc(C)cc2n1. The van der Waals surface area contributed by atoms with Crippen LogP contribution >= 0.6 is 11.3 Å². The van der Waals surface area contributed by atoms with Crippen LogP contribution in [0.2, 0.25) is 0 Å². The number of methoxy groups -OCH3 is 1. The Balaban J connectivity index is 1.30. The molecule has 1 atom stereocenters. The lowest BCUT2D eigenvalue weighted by molar-refractivity contribution is 0.0844. The summed E-state index contributed by atoms with van der Waals surface area (Å²) in [6, 6.07) is 9.88. The van der Waals surface area contributed by atoms with Gasteiger partial charge in [-0.2, -0.15) is 0 Å². The zero-order chi connectivity index (χ0) is 27.5. The van der Waals surface area contributed by atoms with E-state index in [0.717, 1.165) is 15.8 Å². The van der Waals surface area contributed by atoms with Gasteiger partial charge in [-0.3, -0.25) is 10.3 Å². The van der Waals surface area contributed by atoms with Gasteiger partial charge in [-0.05, 0) is 43.7 Å². The lowest BCUT2D eigenvalue weighted by atomic mass is 10.1. The molecule has 200 valence electrons. The van der Waals surface area contributed by atoms with Gasteiger partial charge < -0.3 is 19.3 Å². The molecule has 2 N–H and O–H groups in total. The Morgan fingerprint density at radius 2 is 2.00 bits per heavy atom. The molecule has 0 radical (unpaired) electrons. The first kappa shape index (κ1) is 26.2. The average molecular weight is 550 g/mol. The molecule has 39 heavy (non-hydrogen) atoms. The van der Waals surface area contributed by atoms with Crippen molar-refractivity contribution in [3.63, 3.8) is 0 Å². The lowest BCUT2D eigenvalue weighted by Gasteiger charge is -2.15. The first-order chi connectivity index (χ1) is 18.8. The minimum Gasteiger partial charge on any atom is -0.487 e. The molecule has 5 rings (SSSR count). The molecule has 0 saturated carbocycles. The number of anilines is 1. The van der Waals surface area contributed by atoms with Crippen LogP contribution in [0.5, 0.6) is 11.6 Å². The zero-order valence-corrected chi connectivity index (χ0v) is 22.1. The molecule has 2 aromatic carbocycles. The summed E-state index contributed by atoms with van der Waals surface area (Å²) < 4.78 is 31.7. The van der Waals surface area contributed by atoms with Gasteiger partial charge in [-0.15, -0.1) is 11.3 Å². The highest BCUT2D eigenvalue weighted by Gasteiger charge is 2.17. The summed E-state index contributed by atoms with van der Waals surface area (Å²) in [6.45, 7) is 3.26. The molecule has 0 aliphatic carbocycles. The van der Waals surface area contributed by atoms with Gasteiger partial charge in [0, 0.05) is 29.6 Å². The number of thiazole rings is 1. The number of amides is 1. The number of halogens is 1. The summed E-state index contributed by atoms with van der Waals surface area (Å²) in [5, 5.41) is 12.4. The van der Waals surface area contributed by atoms with Crippen molar-refractivity contribution in [1.29, 1.82) is 0 Å². The second kappa shape index (κ2) is 11.1. The number of benzene rings is 2. The Labute approximate surface area is 226 Å². The highest BCUT2D eigenvalue weighted by atomic mass is 32.1. The molecule has 0 spiro atoms. The molecule has 10 nitrogen and oxygen atoms in total. The van der Waals surface area contributed by atoms with Gasteiger partial charge in [0.2, 0.25) is 5.88 Å². The average Bonchev–Trinajstić information content (AvgIpc) is 3.33. The Bertz CT molecular complexity index is 1680. The van der Waals surface area contributed by atoms with Crippen molar-refractivity contribution in [3.8, 4) is 22.2 Å². The Kier molecular flexibility index (Phi) is 7.48. The zero-order valence-electron chi connectivity index (χ0n) is 21.3. The maximum atomic E-state index is 14.9. The molecular weight excluding hydrogens is 525 g/mol. The lowest BCUT2D eigenvalue weighted by Crippen LogP contribution is -2.25. The first-order valence-corrected chi connectivity index (χ1v) is 12.7. The Hall–Kier alpha value is -4.42. The molecule has 1 amide bonds. The molecule has 0 saturated heterocycles. The van der Waals surface area contributed by atoms with Crippen LogP contribution in [-0.4, -0.2) is 51.0 Å². The van der Waals surface area contributed by atoms with Gasteiger partial charge in [-0.1, -0.05) is 0 Å². The fourth-order valence-corrected chi connectivity index (χ4v) is 4.87. The fourth-order valence-electron chi connectivity index (χ4n) is 3.88. The summed E-state index contributed by atoms with van der Waals surface area (Å²) in [4.78, 5) is 29.8. The number of rotatable bonds is 8. The Morgan fingerprint density at radius 1 is 1.15 bits per heavy atom. The molecular formula is C27H24FN5O5S. The summed E-state index contributed by atoms with van der Waals surface area (Å²) >= 11 is 1.38. The predicted octanol–water partition coefficient (Wildman–Crippen LogP) is 5.27. The van der Waals surface area contributed by atoms with Crippen LogP contribution in [0, 0.1) is 12.7 Å². The third-order valence-corrected chi connectivity index (χ3v) is 6.71. The number of fused-ring (bicyclic) bond motifs is 2. The highest BCUT2D eigenvalue weighted by Crippen LogP contribution is 2.37. The largest absolute Gasteiger partial charge is 0.487 e. The Morgan fingerprint density at radius 3 is 2.79 bits per heavy atom. The van der Waals surface area contributed by atoms with E-state index in [1.54, 1.807) is 25.3 Å². The second-order valence-electron chi connectivity index (χ2n) is 8.71. The van der Waals surface area contributed by atoms with Crippen molar-refractivity contribution in [3.05, 3.63) is 65.9 Å². The van der Waals surface area contributed by atoms with Crippen LogP contribution in [0.15, 0.2) is 48.8 Å². The van der Waals surface area contributed by atoms with Gasteiger partial charge in [0.05, 0.1) is 46.9 Å². The second-order valence-corrected chi connectivity index (χ2v) is 9.74. The van der Waals surface area contributed by atoms with E-state index in [2.05, 4.69) is 25.3 Å². The van der Waals surface area contributed by atoms with Crippen LogP contribution in [0.1, 0.15) is 18.2 Å². The quantitative estimate of drug-likeness (QED) is 0.266. The van der Waals surface area contributed by atoms with Crippen LogP contribution in [0.3, 0.4) is 0 Å². The van der Waals surface area contributed by atoms with Crippen LogP contribution in [0.25, 0.3) is 31.8 Å². The minimum atomic E-state index is -0.713. The third-order valence-electron chi connectivity index (χ3n) is 5.66. The number of carbonyl (C=O) groups is 1. The fraction of sp³-hybridized carbons (Fsp3) is 0.222. The van der Waals surface area contributed by atoms with E-state index in [1.807, 2.05) is 19.1 Å². The number of nitrogens with one attached hydrogen (secondary N) is 1. The first-order valence-electron chi connectivity index (χ1n) is 11.9. The number of hydrogen-bond donors (Lipinski definition) is 2. The van der Waals surface area contributed by atoms with Crippen molar-refractivity contribution in [1.82, 2.24) is 19.9 Å². The van der Waals surface area contributed by atoms with E-state index in [4.69, 9.17) is 14.2 Å². The van der Waals surface area contributed by atoms with Gasteiger partial charge >= 0.3 is 6.09 Å². The molecule has 0 aliphatic heterocycles. The van der Waals surface area contributed by atoms with Crippen LogP contribution in [0.4, 0.5) is 14.9 Å². The van der Waals surface area contributed by atoms with Crippen molar-refractivity contribution >= 4 is 44.4 Å². The van der Waals surface area contributed by atoms with E-state index in [9.17, 15) is 14.3 Å². The number of hydrogen-bond acceptors (Lipinski definition) is 10. The molecule has 3 aromatic heterocycles. The predicted molar refractivity (Wildman–Crippen MR) is 145 cm³/mol. The normalized spacial score (nSPS) is 11.9. The molecule has 0 unspecified atom stereocenters. The molecule has 5 aromatic rings. The monoisotopic (exact) mass is 549 g/mol. The topological polar surface area (TPSA) is 129 Å². The van der Waals surface area contributed by atoms with E-state index in [0.29, 0.717) is 38.8 Å². The molecule has 0 bridgehead atoms. The van der Waals surface area contributed by atoms with Gasteiger partial charge in [-0.25, -0.2) is 24.1 Å². The number of aromatic nitrogens is 4. The highest BCUT2D eigenvalue weighted by molar-refractivity contribution is 7.21. The van der Waals surface area contributed by atoms with Crippen molar-refractivity contribution < 1.29 is 28.5 Å². The number of aryl methyl sites for hydroxylation is 1. The van der Waals surface area contributed by atoms with Crippen molar-refractivity contribution in [2.24, 2.45) is 0 Å².